The summed E-state index contributed by atoms with van der Waals surface area (Å²) in [5, 5.41) is 0. The van der Waals surface area contributed by atoms with Crippen molar-refractivity contribution >= 4 is 5.91 Å². The predicted molar refractivity (Wildman–Crippen MR) is 99.1 cm³/mol. The summed E-state index contributed by atoms with van der Waals surface area (Å²) in [6.45, 7) is 14.7. The first kappa shape index (κ1) is 19.7. The summed E-state index contributed by atoms with van der Waals surface area (Å²) in [6.07, 6.45) is 6.67. The van der Waals surface area contributed by atoms with Gasteiger partial charge in [-0.3, -0.25) is 9.69 Å². The van der Waals surface area contributed by atoms with Gasteiger partial charge in [-0.25, -0.2) is 0 Å². The second-order valence-corrected chi connectivity index (χ2v) is 8.36. The monoisotopic (exact) mass is 338 g/mol. The molecule has 0 aromatic rings. The molecular formula is C20H38N2O2. The Hall–Kier alpha value is -0.610. The zero-order chi connectivity index (χ0) is 17.6. The van der Waals surface area contributed by atoms with Crippen molar-refractivity contribution in [3.05, 3.63) is 0 Å². The molecule has 0 aromatic carbocycles. The molecule has 4 nitrogen and oxygen atoms in total. The summed E-state index contributed by atoms with van der Waals surface area (Å²) >= 11 is 0. The normalized spacial score (nSPS) is 23.0. The maximum atomic E-state index is 12.5. The van der Waals surface area contributed by atoms with Gasteiger partial charge in [0, 0.05) is 32.1 Å². The molecule has 0 bridgehead atoms. The van der Waals surface area contributed by atoms with E-state index in [4.69, 9.17) is 4.74 Å². The summed E-state index contributed by atoms with van der Waals surface area (Å²) in [5.74, 6) is 1.31. The van der Waals surface area contributed by atoms with E-state index in [-0.39, 0.29) is 11.5 Å². The number of morpholine rings is 1. The quantitative estimate of drug-likeness (QED) is 0.712. The van der Waals surface area contributed by atoms with Gasteiger partial charge in [0.25, 0.3) is 0 Å². The smallest absolute Gasteiger partial charge is 0.225 e. The predicted octanol–water partition coefficient (Wildman–Crippen LogP) is 3.55. The molecule has 24 heavy (non-hydrogen) atoms. The third-order valence-corrected chi connectivity index (χ3v) is 5.71. The Bertz CT molecular complexity index is 389. The molecule has 0 aromatic heterocycles. The van der Waals surface area contributed by atoms with Gasteiger partial charge in [-0.1, -0.05) is 34.1 Å². The number of nitrogens with zero attached hydrogens (tertiary/aromatic N) is 2. The number of likely N-dealkylation sites (tertiary alicyclic amines) is 1. The van der Waals surface area contributed by atoms with E-state index in [1.54, 1.807) is 0 Å². The number of ether oxygens (including phenoxy) is 1. The molecular weight excluding hydrogens is 300 g/mol. The van der Waals surface area contributed by atoms with E-state index < -0.39 is 0 Å². The second-order valence-electron chi connectivity index (χ2n) is 8.36. The van der Waals surface area contributed by atoms with Crippen LogP contribution in [-0.2, 0) is 9.53 Å². The average molecular weight is 339 g/mol. The molecule has 2 aliphatic rings. The zero-order valence-electron chi connectivity index (χ0n) is 16.4. The topological polar surface area (TPSA) is 32.8 Å². The van der Waals surface area contributed by atoms with E-state index in [0.717, 1.165) is 64.4 Å². The lowest BCUT2D eigenvalue weighted by atomic mass is 9.88. The minimum Gasteiger partial charge on any atom is -0.372 e. The molecule has 2 aliphatic heterocycles. The molecule has 2 rings (SSSR count). The number of hydrogen-bond donors (Lipinski definition) is 0. The lowest BCUT2D eigenvalue weighted by Gasteiger charge is -2.47. The van der Waals surface area contributed by atoms with Crippen LogP contribution in [0.1, 0.15) is 66.2 Å². The molecule has 0 aliphatic carbocycles. The number of piperidine rings is 1. The minimum absolute atomic E-state index is 0.000848. The van der Waals surface area contributed by atoms with Crippen molar-refractivity contribution in [3.8, 4) is 0 Å². The Morgan fingerprint density at radius 3 is 2.46 bits per heavy atom. The van der Waals surface area contributed by atoms with E-state index in [2.05, 4.69) is 37.5 Å². The largest absolute Gasteiger partial charge is 0.372 e. The average Bonchev–Trinajstić information content (AvgIpc) is 2.55. The van der Waals surface area contributed by atoms with Crippen molar-refractivity contribution in [2.45, 2.75) is 71.8 Å². The number of carbonyl (C=O) groups is 1. The minimum atomic E-state index is 0.000848. The molecule has 0 radical (unpaired) electrons. The lowest BCUT2D eigenvalue weighted by molar-refractivity contribution is -0.153. The van der Waals surface area contributed by atoms with Crippen molar-refractivity contribution in [1.29, 1.82) is 0 Å². The zero-order valence-corrected chi connectivity index (χ0v) is 16.4. The van der Waals surface area contributed by atoms with Crippen LogP contribution in [0.5, 0.6) is 0 Å². The summed E-state index contributed by atoms with van der Waals surface area (Å²) in [5.41, 5.74) is 0.000848. The van der Waals surface area contributed by atoms with E-state index in [0.29, 0.717) is 5.91 Å². The van der Waals surface area contributed by atoms with Crippen LogP contribution in [0, 0.1) is 11.8 Å². The Morgan fingerprint density at radius 1 is 1.12 bits per heavy atom. The fourth-order valence-corrected chi connectivity index (χ4v) is 4.14. The van der Waals surface area contributed by atoms with Crippen molar-refractivity contribution in [2.75, 3.05) is 39.3 Å². The highest BCUT2D eigenvalue weighted by molar-refractivity contribution is 5.78. The van der Waals surface area contributed by atoms with Crippen LogP contribution in [0.4, 0.5) is 0 Å². The number of rotatable bonds is 7. The van der Waals surface area contributed by atoms with Gasteiger partial charge in [0.15, 0.2) is 0 Å². The van der Waals surface area contributed by atoms with Gasteiger partial charge in [-0.2, -0.15) is 0 Å². The first-order valence-electron chi connectivity index (χ1n) is 10.1. The van der Waals surface area contributed by atoms with Gasteiger partial charge < -0.3 is 9.64 Å². The van der Waals surface area contributed by atoms with Crippen LogP contribution >= 0.6 is 0 Å². The Kier molecular flexibility index (Phi) is 7.55. The van der Waals surface area contributed by atoms with Gasteiger partial charge in [-0.15, -0.1) is 0 Å². The Labute approximate surface area is 148 Å². The van der Waals surface area contributed by atoms with Crippen molar-refractivity contribution in [3.63, 3.8) is 0 Å². The van der Waals surface area contributed by atoms with Crippen LogP contribution < -0.4 is 0 Å². The van der Waals surface area contributed by atoms with E-state index in [1.807, 2.05) is 0 Å². The summed E-state index contributed by atoms with van der Waals surface area (Å²) < 4.78 is 6.22. The first-order chi connectivity index (χ1) is 11.5. The van der Waals surface area contributed by atoms with Crippen LogP contribution in [0.3, 0.4) is 0 Å². The molecule has 4 heteroatoms. The van der Waals surface area contributed by atoms with Crippen molar-refractivity contribution in [2.24, 2.45) is 11.8 Å². The maximum absolute atomic E-state index is 12.5. The van der Waals surface area contributed by atoms with Gasteiger partial charge in [0.05, 0.1) is 12.2 Å². The third kappa shape index (κ3) is 5.45. The molecule has 2 saturated heterocycles. The molecule has 2 heterocycles. The molecule has 140 valence electrons. The SMILES string of the molecule is CCCC(C)C(=O)N1CCC2(CC1)CN(CCCC(C)C)CCO2. The van der Waals surface area contributed by atoms with E-state index in [1.165, 1.54) is 19.4 Å². The van der Waals surface area contributed by atoms with Crippen LogP contribution in [-0.4, -0.2) is 60.6 Å². The summed E-state index contributed by atoms with van der Waals surface area (Å²) in [4.78, 5) is 17.2. The van der Waals surface area contributed by atoms with Crippen LogP contribution in [0.2, 0.25) is 0 Å². The molecule has 0 saturated carbocycles. The highest BCUT2D eigenvalue weighted by Gasteiger charge is 2.40. The molecule has 0 N–H and O–H groups in total. The van der Waals surface area contributed by atoms with Gasteiger partial charge in [-0.05, 0) is 44.6 Å². The van der Waals surface area contributed by atoms with E-state index >= 15 is 0 Å². The fourth-order valence-electron chi connectivity index (χ4n) is 4.14. The molecule has 1 amide bonds. The standard InChI is InChI=1S/C20H38N2O2/c1-5-7-18(4)19(23)22-12-9-20(10-13-22)16-21(14-15-24-20)11-6-8-17(2)3/h17-18H,5-16H2,1-4H3. The maximum Gasteiger partial charge on any atom is 0.225 e. The van der Waals surface area contributed by atoms with Gasteiger partial charge in [0.2, 0.25) is 5.91 Å². The first-order valence-corrected chi connectivity index (χ1v) is 10.1. The number of hydrogen-bond acceptors (Lipinski definition) is 3. The summed E-state index contributed by atoms with van der Waals surface area (Å²) in [6, 6.07) is 0. The van der Waals surface area contributed by atoms with Crippen molar-refractivity contribution < 1.29 is 9.53 Å². The van der Waals surface area contributed by atoms with Crippen LogP contribution in [0.15, 0.2) is 0 Å². The highest BCUT2D eigenvalue weighted by atomic mass is 16.5. The second kappa shape index (κ2) is 9.19. The van der Waals surface area contributed by atoms with Gasteiger partial charge in [0.1, 0.15) is 0 Å². The number of carbonyl (C=O) groups excluding carboxylic acids is 1. The molecule has 2 fully saturated rings. The molecule has 1 atom stereocenters. The third-order valence-electron chi connectivity index (χ3n) is 5.71. The van der Waals surface area contributed by atoms with Crippen LogP contribution in [0.25, 0.3) is 0 Å². The van der Waals surface area contributed by atoms with Crippen molar-refractivity contribution in [1.82, 2.24) is 9.80 Å². The van der Waals surface area contributed by atoms with Gasteiger partial charge >= 0.3 is 0 Å². The molecule has 1 unspecified atom stereocenters. The Morgan fingerprint density at radius 2 is 1.83 bits per heavy atom. The lowest BCUT2D eigenvalue weighted by Crippen LogP contribution is -2.58. The highest BCUT2D eigenvalue weighted by Crippen LogP contribution is 2.31. The molecule has 1 spiro atoms. The number of amides is 1. The summed E-state index contributed by atoms with van der Waals surface area (Å²) in [7, 11) is 0. The van der Waals surface area contributed by atoms with E-state index in [9.17, 15) is 4.79 Å². The fraction of sp³-hybridized carbons (Fsp3) is 0.950. The Balaban J connectivity index is 1.80.